The van der Waals surface area contributed by atoms with Crippen LogP contribution in [-0.2, 0) is 11.3 Å². The summed E-state index contributed by atoms with van der Waals surface area (Å²) in [6.45, 7) is 7.66. The summed E-state index contributed by atoms with van der Waals surface area (Å²) in [7, 11) is 0. The quantitative estimate of drug-likeness (QED) is 0.269. The van der Waals surface area contributed by atoms with Gasteiger partial charge in [0.1, 0.15) is 0 Å². The number of benzene rings is 1. The van der Waals surface area contributed by atoms with Gasteiger partial charge in [0.25, 0.3) is 0 Å². The van der Waals surface area contributed by atoms with E-state index in [4.69, 9.17) is 4.74 Å². The first-order valence-electron chi connectivity index (χ1n) is 12.6. The van der Waals surface area contributed by atoms with Gasteiger partial charge in [-0.25, -0.2) is 0 Å². The van der Waals surface area contributed by atoms with Crippen LogP contribution in [0.25, 0.3) is 0 Å². The standard InChI is InChI=1S/C28H44O/c1-3-5-6-23-7-9-24(10-8-23)11-12-25-13-17-27(18-14-25)28-19-15-26(16-20-28)22-29-21-4-2/h3,15-16,19-20,23-25,27H,1,4-14,17-18,21-22H2,2H3/t23-,24-,25?,27?. The van der Waals surface area contributed by atoms with Crippen molar-refractivity contribution in [2.75, 3.05) is 6.61 Å². The Morgan fingerprint density at radius 3 is 1.93 bits per heavy atom. The lowest BCUT2D eigenvalue weighted by atomic mass is 9.74. The van der Waals surface area contributed by atoms with Gasteiger partial charge in [0.15, 0.2) is 0 Å². The van der Waals surface area contributed by atoms with E-state index in [1.165, 1.54) is 82.6 Å². The van der Waals surface area contributed by atoms with Crippen LogP contribution in [0.15, 0.2) is 36.9 Å². The molecule has 2 saturated carbocycles. The largest absolute Gasteiger partial charge is 0.377 e. The molecule has 0 radical (unpaired) electrons. The first kappa shape index (κ1) is 22.6. The average molecular weight is 397 g/mol. The predicted octanol–water partition coefficient (Wildman–Crippen LogP) is 8.44. The van der Waals surface area contributed by atoms with Gasteiger partial charge in [-0.3, -0.25) is 0 Å². The lowest BCUT2D eigenvalue weighted by molar-refractivity contribution is 0.121. The van der Waals surface area contributed by atoms with Crippen LogP contribution in [0.1, 0.15) is 107 Å². The maximum absolute atomic E-state index is 5.66. The van der Waals surface area contributed by atoms with E-state index in [9.17, 15) is 0 Å². The first-order chi connectivity index (χ1) is 14.3. The van der Waals surface area contributed by atoms with Crippen LogP contribution in [0, 0.1) is 17.8 Å². The molecule has 2 fully saturated rings. The molecule has 29 heavy (non-hydrogen) atoms. The Morgan fingerprint density at radius 2 is 1.38 bits per heavy atom. The number of allylic oxidation sites excluding steroid dienone is 1. The first-order valence-corrected chi connectivity index (χ1v) is 12.6. The lowest BCUT2D eigenvalue weighted by Crippen LogP contribution is -2.17. The normalized spacial score (nSPS) is 27.6. The molecule has 162 valence electrons. The summed E-state index contributed by atoms with van der Waals surface area (Å²) in [5.74, 6) is 3.79. The minimum Gasteiger partial charge on any atom is -0.377 e. The van der Waals surface area contributed by atoms with Crippen LogP contribution in [0.2, 0.25) is 0 Å². The van der Waals surface area contributed by atoms with E-state index >= 15 is 0 Å². The van der Waals surface area contributed by atoms with E-state index in [1.54, 1.807) is 5.56 Å². The molecule has 2 aliphatic carbocycles. The molecule has 0 amide bonds. The Labute approximate surface area is 180 Å². The Bertz CT molecular complexity index is 558. The summed E-state index contributed by atoms with van der Waals surface area (Å²) in [5, 5.41) is 0. The van der Waals surface area contributed by atoms with Crippen molar-refractivity contribution in [3.8, 4) is 0 Å². The SMILES string of the molecule is C=CCC[C@H]1CC[C@H](CCC2CCC(c3ccc(COCCC)cc3)CC2)CC1. The van der Waals surface area contributed by atoms with Crippen LogP contribution in [0.4, 0.5) is 0 Å². The minimum absolute atomic E-state index is 0.761. The third-order valence-electron chi connectivity index (χ3n) is 7.64. The van der Waals surface area contributed by atoms with Crippen LogP contribution >= 0.6 is 0 Å². The smallest absolute Gasteiger partial charge is 0.0716 e. The second-order valence-corrected chi connectivity index (χ2v) is 9.84. The molecule has 0 N–H and O–H groups in total. The second kappa shape index (κ2) is 12.6. The van der Waals surface area contributed by atoms with E-state index in [1.807, 2.05) is 0 Å². The van der Waals surface area contributed by atoms with Gasteiger partial charge in [0.05, 0.1) is 6.61 Å². The topological polar surface area (TPSA) is 9.23 Å². The average Bonchev–Trinajstić information content (AvgIpc) is 2.78. The molecular weight excluding hydrogens is 352 g/mol. The van der Waals surface area contributed by atoms with Gasteiger partial charge >= 0.3 is 0 Å². The van der Waals surface area contributed by atoms with Gasteiger partial charge in [0, 0.05) is 6.61 Å². The van der Waals surface area contributed by atoms with Crippen molar-refractivity contribution in [3.05, 3.63) is 48.0 Å². The number of hydrogen-bond acceptors (Lipinski definition) is 1. The highest BCUT2D eigenvalue weighted by Crippen LogP contribution is 2.40. The molecule has 1 heteroatoms. The summed E-state index contributed by atoms with van der Waals surface area (Å²) in [6, 6.07) is 9.28. The van der Waals surface area contributed by atoms with Crippen LogP contribution < -0.4 is 0 Å². The summed E-state index contributed by atoms with van der Waals surface area (Å²) in [5.41, 5.74) is 2.87. The van der Waals surface area contributed by atoms with Gasteiger partial charge in [0.2, 0.25) is 0 Å². The molecule has 3 rings (SSSR count). The Balaban J connectivity index is 1.32. The van der Waals surface area contributed by atoms with Crippen molar-refractivity contribution >= 4 is 0 Å². The minimum atomic E-state index is 0.761. The van der Waals surface area contributed by atoms with Crippen LogP contribution in [0.3, 0.4) is 0 Å². The summed E-state index contributed by atoms with van der Waals surface area (Å²) < 4.78 is 5.66. The van der Waals surface area contributed by atoms with E-state index < -0.39 is 0 Å². The number of hydrogen-bond donors (Lipinski definition) is 0. The summed E-state index contributed by atoms with van der Waals surface area (Å²) in [4.78, 5) is 0. The van der Waals surface area contributed by atoms with Crippen molar-refractivity contribution in [1.29, 1.82) is 0 Å². The fourth-order valence-electron chi connectivity index (χ4n) is 5.64. The molecule has 1 aromatic carbocycles. The molecule has 0 heterocycles. The van der Waals surface area contributed by atoms with Gasteiger partial charge in [-0.15, -0.1) is 6.58 Å². The van der Waals surface area contributed by atoms with Gasteiger partial charge < -0.3 is 4.74 Å². The lowest BCUT2D eigenvalue weighted by Gasteiger charge is -2.32. The molecular formula is C28H44O. The van der Waals surface area contributed by atoms with Crippen LogP contribution in [0.5, 0.6) is 0 Å². The van der Waals surface area contributed by atoms with Gasteiger partial charge in [-0.1, -0.05) is 75.8 Å². The zero-order valence-corrected chi connectivity index (χ0v) is 18.9. The molecule has 1 aromatic rings. The van der Waals surface area contributed by atoms with Gasteiger partial charge in [-0.05, 0) is 79.7 Å². The van der Waals surface area contributed by atoms with Crippen molar-refractivity contribution in [2.24, 2.45) is 17.8 Å². The second-order valence-electron chi connectivity index (χ2n) is 9.84. The number of ether oxygens (including phenoxy) is 1. The maximum Gasteiger partial charge on any atom is 0.0716 e. The third kappa shape index (κ3) is 7.59. The molecule has 0 spiro atoms. The molecule has 0 unspecified atom stereocenters. The van der Waals surface area contributed by atoms with Crippen molar-refractivity contribution in [1.82, 2.24) is 0 Å². The van der Waals surface area contributed by atoms with Crippen molar-refractivity contribution < 1.29 is 4.74 Å². The Morgan fingerprint density at radius 1 is 0.828 bits per heavy atom. The van der Waals surface area contributed by atoms with E-state index in [0.717, 1.165) is 43.3 Å². The zero-order valence-electron chi connectivity index (χ0n) is 18.9. The summed E-state index contributed by atoms with van der Waals surface area (Å²) >= 11 is 0. The van der Waals surface area contributed by atoms with E-state index in [-0.39, 0.29) is 0 Å². The van der Waals surface area contributed by atoms with E-state index in [2.05, 4.69) is 43.8 Å². The highest BCUT2D eigenvalue weighted by atomic mass is 16.5. The Hall–Kier alpha value is -1.08. The molecule has 2 aliphatic rings. The molecule has 0 saturated heterocycles. The fraction of sp³-hybridized carbons (Fsp3) is 0.714. The van der Waals surface area contributed by atoms with E-state index in [0.29, 0.717) is 0 Å². The maximum atomic E-state index is 5.66. The monoisotopic (exact) mass is 396 g/mol. The molecule has 1 nitrogen and oxygen atoms in total. The van der Waals surface area contributed by atoms with Gasteiger partial charge in [-0.2, -0.15) is 0 Å². The molecule has 0 aliphatic heterocycles. The predicted molar refractivity (Wildman–Crippen MR) is 125 cm³/mol. The zero-order chi connectivity index (χ0) is 20.3. The summed E-state index contributed by atoms with van der Waals surface area (Å²) in [6.07, 6.45) is 20.4. The fourth-order valence-corrected chi connectivity index (χ4v) is 5.64. The van der Waals surface area contributed by atoms with Crippen molar-refractivity contribution in [2.45, 2.75) is 103 Å². The molecule has 0 aromatic heterocycles. The Kier molecular flexibility index (Phi) is 9.80. The molecule has 0 atom stereocenters. The van der Waals surface area contributed by atoms with Crippen LogP contribution in [-0.4, -0.2) is 6.61 Å². The van der Waals surface area contributed by atoms with Crippen molar-refractivity contribution in [3.63, 3.8) is 0 Å². The third-order valence-corrected chi connectivity index (χ3v) is 7.64. The molecule has 0 bridgehead atoms. The highest BCUT2D eigenvalue weighted by Gasteiger charge is 2.25. The number of rotatable bonds is 11. The highest BCUT2D eigenvalue weighted by molar-refractivity contribution is 5.25.